The summed E-state index contributed by atoms with van der Waals surface area (Å²) in [5, 5.41) is 8.87. The third kappa shape index (κ3) is 4.82. The molecule has 0 spiro atoms. The summed E-state index contributed by atoms with van der Waals surface area (Å²) in [6, 6.07) is 10.5. The van der Waals surface area contributed by atoms with E-state index < -0.39 is 22.6 Å². The van der Waals surface area contributed by atoms with Gasteiger partial charge in [0.1, 0.15) is 5.75 Å². The van der Waals surface area contributed by atoms with E-state index in [0.29, 0.717) is 16.8 Å². The lowest BCUT2D eigenvalue weighted by Crippen LogP contribution is -2.30. The van der Waals surface area contributed by atoms with Crippen LogP contribution in [0.2, 0.25) is 0 Å². The molecule has 0 bridgehead atoms. The van der Waals surface area contributed by atoms with Gasteiger partial charge in [-0.3, -0.25) is 4.72 Å². The normalized spacial score (nSPS) is 14.5. The van der Waals surface area contributed by atoms with Gasteiger partial charge in [0.2, 0.25) is 0 Å². The molecule has 0 atom stereocenters. The molecule has 3 rings (SSSR count). The second-order valence-corrected chi connectivity index (χ2v) is 8.84. The maximum Gasteiger partial charge on any atom is 0.341 e. The van der Waals surface area contributed by atoms with Crippen LogP contribution in [0.5, 0.6) is 5.75 Å². The number of ether oxygens (including phenoxy) is 1. The van der Waals surface area contributed by atoms with Gasteiger partial charge in [0.25, 0.3) is 10.0 Å². The number of nitrogens with zero attached hydrogens (tertiary/aromatic N) is 1. The van der Waals surface area contributed by atoms with Crippen LogP contribution in [0.15, 0.2) is 41.3 Å². The zero-order valence-electron chi connectivity index (χ0n) is 16.6. The fraction of sp³-hybridized carbons (Fsp3) is 0.381. The molecule has 0 saturated carbocycles. The van der Waals surface area contributed by atoms with Crippen molar-refractivity contribution in [1.29, 1.82) is 0 Å². The van der Waals surface area contributed by atoms with E-state index in [-0.39, 0.29) is 10.6 Å². The number of benzene rings is 2. The molecule has 7 nitrogen and oxygen atoms in total. The van der Waals surface area contributed by atoms with Gasteiger partial charge < -0.3 is 14.7 Å². The van der Waals surface area contributed by atoms with Crippen LogP contribution < -0.4 is 14.4 Å². The fourth-order valence-corrected chi connectivity index (χ4v) is 4.94. The van der Waals surface area contributed by atoms with Gasteiger partial charge in [-0.2, -0.15) is 0 Å². The number of carbonyl (C=O) groups is 1. The molecule has 29 heavy (non-hydrogen) atoms. The lowest BCUT2D eigenvalue weighted by molar-refractivity contribution is -0.139. The van der Waals surface area contributed by atoms with E-state index in [1.807, 2.05) is 12.1 Å². The van der Waals surface area contributed by atoms with E-state index in [0.717, 1.165) is 31.6 Å². The van der Waals surface area contributed by atoms with Gasteiger partial charge in [-0.15, -0.1) is 0 Å². The highest BCUT2D eigenvalue weighted by molar-refractivity contribution is 7.92. The molecule has 1 fully saturated rings. The molecule has 8 heteroatoms. The number of rotatable bonds is 7. The van der Waals surface area contributed by atoms with E-state index in [9.17, 15) is 13.2 Å². The third-order valence-electron chi connectivity index (χ3n) is 5.03. The Labute approximate surface area is 171 Å². The van der Waals surface area contributed by atoms with Crippen LogP contribution in [0.3, 0.4) is 0 Å². The molecule has 0 aromatic heterocycles. The first-order valence-corrected chi connectivity index (χ1v) is 11.1. The summed E-state index contributed by atoms with van der Waals surface area (Å²) in [5.74, 6) is -0.842. The number of carboxylic acids is 1. The molecule has 2 N–H and O–H groups in total. The van der Waals surface area contributed by atoms with Gasteiger partial charge in [0.05, 0.1) is 16.3 Å². The predicted octanol–water partition coefficient (Wildman–Crippen LogP) is 3.56. The highest BCUT2D eigenvalue weighted by Crippen LogP contribution is 2.33. The lowest BCUT2D eigenvalue weighted by atomic mass is 10.1. The predicted molar refractivity (Wildman–Crippen MR) is 112 cm³/mol. The molecule has 2 aromatic rings. The van der Waals surface area contributed by atoms with Gasteiger partial charge in [-0.05, 0) is 56.9 Å². The highest BCUT2D eigenvalue weighted by Gasteiger charge is 2.23. The van der Waals surface area contributed by atoms with Gasteiger partial charge in [0.15, 0.2) is 6.61 Å². The number of piperidine rings is 1. The molecule has 1 aliphatic heterocycles. The van der Waals surface area contributed by atoms with Crippen molar-refractivity contribution in [2.45, 2.75) is 38.0 Å². The number of aryl methyl sites for hydroxylation is 1. The second kappa shape index (κ2) is 8.73. The molecular formula is C21H26N2O5S. The SMILES string of the molecule is Cc1ccc(S(=O)(=O)Nc2ccccc2N2CCCCC2)c(C)c1OCC(=O)O. The fourth-order valence-electron chi connectivity index (χ4n) is 3.63. The van der Waals surface area contributed by atoms with Crippen LogP contribution in [0.1, 0.15) is 30.4 Å². The maximum atomic E-state index is 13.2. The first-order valence-electron chi connectivity index (χ1n) is 9.61. The molecule has 1 saturated heterocycles. The van der Waals surface area contributed by atoms with Gasteiger partial charge in [-0.25, -0.2) is 13.2 Å². The molecule has 156 valence electrons. The third-order valence-corrected chi connectivity index (χ3v) is 6.54. The van der Waals surface area contributed by atoms with Crippen molar-refractivity contribution in [2.75, 3.05) is 29.3 Å². The largest absolute Gasteiger partial charge is 0.481 e. The Morgan fingerprint density at radius 1 is 1.10 bits per heavy atom. The standard InChI is InChI=1S/C21H26N2O5S/c1-15-10-11-19(16(2)21(15)28-14-20(24)25)29(26,27)22-17-8-4-5-9-18(17)23-12-6-3-7-13-23/h4-5,8-11,22H,3,6-7,12-14H2,1-2H3,(H,24,25). The van der Waals surface area contributed by atoms with E-state index in [4.69, 9.17) is 9.84 Å². The summed E-state index contributed by atoms with van der Waals surface area (Å²) < 4.78 is 34.4. The number of nitrogens with one attached hydrogen (secondary N) is 1. The summed E-state index contributed by atoms with van der Waals surface area (Å²) in [5.41, 5.74) is 2.45. The Kier molecular flexibility index (Phi) is 6.32. The molecule has 0 amide bonds. The molecule has 0 aliphatic carbocycles. The average molecular weight is 419 g/mol. The zero-order chi connectivity index (χ0) is 21.0. The number of anilines is 2. The van der Waals surface area contributed by atoms with E-state index in [1.165, 1.54) is 12.5 Å². The average Bonchev–Trinajstić information content (AvgIpc) is 2.68. The Bertz CT molecular complexity index is 998. The lowest BCUT2D eigenvalue weighted by Gasteiger charge is -2.30. The number of carboxylic acid groups (broad SMARTS) is 1. The smallest absolute Gasteiger partial charge is 0.341 e. The van der Waals surface area contributed by atoms with Gasteiger partial charge in [0, 0.05) is 18.7 Å². The minimum atomic E-state index is -3.89. The minimum Gasteiger partial charge on any atom is -0.481 e. The summed E-state index contributed by atoms with van der Waals surface area (Å²) in [4.78, 5) is 13.1. The highest BCUT2D eigenvalue weighted by atomic mass is 32.2. The molecule has 1 aliphatic rings. The number of para-hydroxylation sites is 2. The maximum absolute atomic E-state index is 13.2. The van der Waals surface area contributed by atoms with Crippen LogP contribution >= 0.6 is 0 Å². The van der Waals surface area contributed by atoms with Crippen molar-refractivity contribution >= 4 is 27.4 Å². The Morgan fingerprint density at radius 2 is 1.79 bits per heavy atom. The number of aliphatic carboxylic acids is 1. The molecule has 1 heterocycles. The van der Waals surface area contributed by atoms with Crippen LogP contribution in [0.25, 0.3) is 0 Å². The summed E-state index contributed by atoms with van der Waals surface area (Å²) >= 11 is 0. The minimum absolute atomic E-state index is 0.0666. The molecular weight excluding hydrogens is 392 g/mol. The van der Waals surface area contributed by atoms with E-state index in [2.05, 4.69) is 9.62 Å². The van der Waals surface area contributed by atoms with Crippen molar-refractivity contribution in [1.82, 2.24) is 0 Å². The van der Waals surface area contributed by atoms with Crippen LogP contribution in [0.4, 0.5) is 11.4 Å². The zero-order valence-corrected chi connectivity index (χ0v) is 17.5. The number of hydrogen-bond donors (Lipinski definition) is 2. The monoisotopic (exact) mass is 418 g/mol. The first-order chi connectivity index (χ1) is 13.8. The van der Waals surface area contributed by atoms with Crippen molar-refractivity contribution < 1.29 is 23.1 Å². The molecule has 0 radical (unpaired) electrons. The molecule has 0 unspecified atom stereocenters. The first kappa shape index (κ1) is 21.0. The van der Waals surface area contributed by atoms with Crippen molar-refractivity contribution in [3.8, 4) is 5.75 Å². The Balaban J connectivity index is 1.93. The van der Waals surface area contributed by atoms with Crippen LogP contribution in [-0.4, -0.2) is 39.2 Å². The van der Waals surface area contributed by atoms with E-state index in [1.54, 1.807) is 32.0 Å². The van der Waals surface area contributed by atoms with Crippen molar-refractivity contribution in [3.63, 3.8) is 0 Å². The quantitative estimate of drug-likeness (QED) is 0.714. The van der Waals surface area contributed by atoms with Crippen molar-refractivity contribution in [3.05, 3.63) is 47.5 Å². The topological polar surface area (TPSA) is 95.9 Å². The summed E-state index contributed by atoms with van der Waals surface area (Å²) in [7, 11) is -3.89. The van der Waals surface area contributed by atoms with Crippen LogP contribution in [0, 0.1) is 13.8 Å². The van der Waals surface area contributed by atoms with E-state index >= 15 is 0 Å². The van der Waals surface area contributed by atoms with Gasteiger partial charge >= 0.3 is 5.97 Å². The summed E-state index contributed by atoms with van der Waals surface area (Å²) in [6.45, 7) is 4.64. The Morgan fingerprint density at radius 3 is 2.48 bits per heavy atom. The van der Waals surface area contributed by atoms with Gasteiger partial charge in [-0.1, -0.05) is 18.2 Å². The number of sulfonamides is 1. The number of hydrogen-bond acceptors (Lipinski definition) is 5. The Hall–Kier alpha value is -2.74. The van der Waals surface area contributed by atoms with Crippen LogP contribution in [-0.2, 0) is 14.8 Å². The second-order valence-electron chi connectivity index (χ2n) is 7.19. The summed E-state index contributed by atoms with van der Waals surface area (Å²) in [6.07, 6.45) is 3.36. The molecule has 2 aromatic carbocycles. The van der Waals surface area contributed by atoms with Crippen molar-refractivity contribution in [2.24, 2.45) is 0 Å².